The molecular formula is C22H39NO3. The first-order chi connectivity index (χ1) is 12.7. The summed E-state index contributed by atoms with van der Waals surface area (Å²) in [6.45, 7) is 2.88. The van der Waals surface area contributed by atoms with Crippen molar-refractivity contribution in [2.75, 3.05) is 27.9 Å². The molecular weight excluding hydrogens is 326 g/mol. The van der Waals surface area contributed by atoms with Gasteiger partial charge in [-0.2, -0.15) is 0 Å². The summed E-state index contributed by atoms with van der Waals surface area (Å²) in [4.78, 5) is 0. The predicted molar refractivity (Wildman–Crippen MR) is 108 cm³/mol. The summed E-state index contributed by atoms with van der Waals surface area (Å²) in [6, 6.07) is 10.5. The van der Waals surface area contributed by atoms with Gasteiger partial charge in [-0.1, -0.05) is 75.8 Å². The Kier molecular flexibility index (Phi) is 11.1. The van der Waals surface area contributed by atoms with Crippen LogP contribution < -0.4 is 5.73 Å². The molecule has 150 valence electrons. The maximum atomic E-state index is 5.87. The molecule has 0 saturated carbocycles. The van der Waals surface area contributed by atoms with Crippen molar-refractivity contribution in [3.05, 3.63) is 35.9 Å². The first-order valence-corrected chi connectivity index (χ1v) is 10.1. The molecule has 0 bridgehead atoms. The minimum atomic E-state index is -1.12. The van der Waals surface area contributed by atoms with Crippen molar-refractivity contribution in [3.8, 4) is 0 Å². The van der Waals surface area contributed by atoms with Crippen molar-refractivity contribution < 1.29 is 14.2 Å². The standard InChI is InChI=1S/C22H39NO3/c1-5-6-7-8-9-13-17-21(18-14-19-23,20-15-11-10-12-16-20)22(24-2,25-3)26-4/h10-12,15-16H,5-9,13-14,17-19,23H2,1-4H3. The molecule has 1 aromatic rings. The lowest BCUT2D eigenvalue weighted by Crippen LogP contribution is -2.56. The van der Waals surface area contributed by atoms with E-state index in [-0.39, 0.29) is 0 Å². The Morgan fingerprint density at radius 3 is 1.85 bits per heavy atom. The minimum absolute atomic E-state index is 0.392. The zero-order valence-electron chi connectivity index (χ0n) is 17.3. The Morgan fingerprint density at radius 1 is 0.769 bits per heavy atom. The Bertz CT molecular complexity index is 453. The van der Waals surface area contributed by atoms with E-state index in [2.05, 4.69) is 31.2 Å². The van der Waals surface area contributed by atoms with Gasteiger partial charge in [0, 0.05) is 21.3 Å². The third-order valence-corrected chi connectivity index (χ3v) is 5.48. The number of hydrogen-bond acceptors (Lipinski definition) is 4. The lowest BCUT2D eigenvalue weighted by molar-refractivity contribution is -0.390. The van der Waals surface area contributed by atoms with Crippen LogP contribution in [0, 0.1) is 0 Å². The van der Waals surface area contributed by atoms with Crippen LogP contribution in [0.1, 0.15) is 70.3 Å². The van der Waals surface area contributed by atoms with Crippen LogP contribution >= 0.6 is 0 Å². The summed E-state index contributed by atoms with van der Waals surface area (Å²) in [5, 5.41) is 0. The van der Waals surface area contributed by atoms with Crippen LogP contribution in [0.5, 0.6) is 0 Å². The Hall–Kier alpha value is -0.940. The summed E-state index contributed by atoms with van der Waals surface area (Å²) in [6.07, 6.45) is 10.2. The summed E-state index contributed by atoms with van der Waals surface area (Å²) in [7, 11) is 4.98. The number of methoxy groups -OCH3 is 3. The topological polar surface area (TPSA) is 53.7 Å². The first-order valence-electron chi connectivity index (χ1n) is 10.1. The molecule has 0 amide bonds. The molecule has 1 rings (SSSR count). The first kappa shape index (κ1) is 23.1. The maximum absolute atomic E-state index is 5.87. The van der Waals surface area contributed by atoms with Gasteiger partial charge in [0.2, 0.25) is 0 Å². The molecule has 0 aliphatic carbocycles. The fourth-order valence-electron chi connectivity index (χ4n) is 4.10. The molecule has 26 heavy (non-hydrogen) atoms. The lowest BCUT2D eigenvalue weighted by atomic mass is 9.70. The van der Waals surface area contributed by atoms with Crippen molar-refractivity contribution in [3.63, 3.8) is 0 Å². The number of nitrogens with two attached hydrogens (primary N) is 1. The van der Waals surface area contributed by atoms with Gasteiger partial charge < -0.3 is 19.9 Å². The van der Waals surface area contributed by atoms with Gasteiger partial charge in [0.05, 0.1) is 5.41 Å². The molecule has 4 heteroatoms. The normalized spacial score (nSPS) is 14.3. The lowest BCUT2D eigenvalue weighted by Gasteiger charge is -2.47. The molecule has 0 fully saturated rings. The molecule has 0 aliphatic heterocycles. The highest BCUT2D eigenvalue weighted by atomic mass is 16.9. The Morgan fingerprint density at radius 2 is 1.31 bits per heavy atom. The fourth-order valence-corrected chi connectivity index (χ4v) is 4.10. The van der Waals surface area contributed by atoms with Gasteiger partial charge in [-0.15, -0.1) is 0 Å². The third kappa shape index (κ3) is 5.53. The summed E-state index contributed by atoms with van der Waals surface area (Å²) in [5.74, 6) is -1.12. The van der Waals surface area contributed by atoms with Crippen LogP contribution in [0.4, 0.5) is 0 Å². The average Bonchev–Trinajstić information content (AvgIpc) is 2.70. The molecule has 4 nitrogen and oxygen atoms in total. The SMILES string of the molecule is CCCCCCCCC(CCCN)(c1ccccc1)C(OC)(OC)OC. The smallest absolute Gasteiger partial charge is 0.292 e. The number of rotatable bonds is 15. The highest BCUT2D eigenvalue weighted by Gasteiger charge is 2.54. The van der Waals surface area contributed by atoms with Crippen LogP contribution in [-0.2, 0) is 19.6 Å². The number of unbranched alkanes of at least 4 members (excludes halogenated alkanes) is 5. The molecule has 0 spiro atoms. The van der Waals surface area contributed by atoms with Gasteiger partial charge in [0.25, 0.3) is 5.97 Å². The van der Waals surface area contributed by atoms with Crippen LogP contribution in [0.3, 0.4) is 0 Å². The highest BCUT2D eigenvalue weighted by molar-refractivity contribution is 5.28. The van der Waals surface area contributed by atoms with E-state index in [1.807, 2.05) is 6.07 Å². The van der Waals surface area contributed by atoms with Crippen molar-refractivity contribution >= 4 is 0 Å². The number of hydrogen-bond donors (Lipinski definition) is 1. The summed E-state index contributed by atoms with van der Waals surface area (Å²) >= 11 is 0. The van der Waals surface area contributed by atoms with E-state index in [1.165, 1.54) is 37.7 Å². The summed E-state index contributed by atoms with van der Waals surface area (Å²) in [5.41, 5.74) is 6.66. The Balaban J connectivity index is 3.14. The van der Waals surface area contributed by atoms with Gasteiger partial charge in [-0.05, 0) is 31.4 Å². The largest absolute Gasteiger partial charge is 0.330 e. The second kappa shape index (κ2) is 12.4. The average molecular weight is 366 g/mol. The van der Waals surface area contributed by atoms with Gasteiger partial charge in [-0.3, -0.25) is 0 Å². The maximum Gasteiger partial charge on any atom is 0.292 e. The van der Waals surface area contributed by atoms with Crippen molar-refractivity contribution in [2.24, 2.45) is 5.73 Å². The van der Waals surface area contributed by atoms with Crippen LogP contribution in [-0.4, -0.2) is 33.8 Å². The second-order valence-corrected chi connectivity index (χ2v) is 7.03. The molecule has 1 atom stereocenters. The molecule has 0 heterocycles. The number of ether oxygens (including phenoxy) is 3. The van der Waals surface area contributed by atoms with Gasteiger partial charge in [0.15, 0.2) is 0 Å². The van der Waals surface area contributed by atoms with Crippen molar-refractivity contribution in [1.29, 1.82) is 0 Å². The second-order valence-electron chi connectivity index (χ2n) is 7.03. The van der Waals surface area contributed by atoms with E-state index in [0.717, 1.165) is 25.7 Å². The van der Waals surface area contributed by atoms with E-state index in [4.69, 9.17) is 19.9 Å². The molecule has 1 aromatic carbocycles. The zero-order valence-corrected chi connectivity index (χ0v) is 17.3. The monoisotopic (exact) mass is 365 g/mol. The van der Waals surface area contributed by atoms with Crippen LogP contribution in [0.15, 0.2) is 30.3 Å². The van der Waals surface area contributed by atoms with Crippen molar-refractivity contribution in [2.45, 2.75) is 76.1 Å². The van der Waals surface area contributed by atoms with Crippen molar-refractivity contribution in [1.82, 2.24) is 0 Å². The molecule has 0 saturated heterocycles. The van der Waals surface area contributed by atoms with E-state index in [1.54, 1.807) is 21.3 Å². The molecule has 2 N–H and O–H groups in total. The van der Waals surface area contributed by atoms with Gasteiger partial charge in [-0.25, -0.2) is 0 Å². The van der Waals surface area contributed by atoms with Crippen LogP contribution in [0.25, 0.3) is 0 Å². The number of benzene rings is 1. The minimum Gasteiger partial charge on any atom is -0.330 e. The molecule has 0 aliphatic rings. The van der Waals surface area contributed by atoms with E-state index in [9.17, 15) is 0 Å². The quantitative estimate of drug-likeness (QED) is 0.351. The molecule has 1 unspecified atom stereocenters. The van der Waals surface area contributed by atoms with Gasteiger partial charge in [0.1, 0.15) is 0 Å². The van der Waals surface area contributed by atoms with E-state index < -0.39 is 11.4 Å². The predicted octanol–water partition coefficient (Wildman–Crippen LogP) is 5.01. The Labute approximate surface area is 160 Å². The van der Waals surface area contributed by atoms with Gasteiger partial charge >= 0.3 is 0 Å². The summed E-state index contributed by atoms with van der Waals surface area (Å²) < 4.78 is 17.6. The van der Waals surface area contributed by atoms with Crippen LogP contribution in [0.2, 0.25) is 0 Å². The zero-order chi connectivity index (χ0) is 19.3. The molecule has 0 aromatic heterocycles. The highest BCUT2D eigenvalue weighted by Crippen LogP contribution is 2.46. The molecule has 0 radical (unpaired) electrons. The third-order valence-electron chi connectivity index (χ3n) is 5.48. The van der Waals surface area contributed by atoms with E-state index in [0.29, 0.717) is 6.54 Å². The fraction of sp³-hybridized carbons (Fsp3) is 0.727. The van der Waals surface area contributed by atoms with E-state index >= 15 is 0 Å².